The Balaban J connectivity index is 1.72. The number of benzene rings is 2. The maximum absolute atomic E-state index is 13.2. The second-order valence-corrected chi connectivity index (χ2v) is 9.80. The number of rotatable bonds is 5. The minimum atomic E-state index is -0.372. The van der Waals surface area contributed by atoms with Gasteiger partial charge >= 0.3 is 5.97 Å². The van der Waals surface area contributed by atoms with E-state index < -0.39 is 0 Å². The van der Waals surface area contributed by atoms with Gasteiger partial charge in [0, 0.05) is 12.1 Å². The van der Waals surface area contributed by atoms with E-state index in [1.54, 1.807) is 6.92 Å². The fraction of sp³-hybridized carbons (Fsp3) is 0.241. The molecule has 1 N–H and O–H groups in total. The zero-order valence-electron chi connectivity index (χ0n) is 20.1. The van der Waals surface area contributed by atoms with Crippen molar-refractivity contribution in [1.82, 2.24) is 9.55 Å². The van der Waals surface area contributed by atoms with Gasteiger partial charge in [-0.3, -0.25) is 4.79 Å². The third-order valence-corrected chi connectivity index (χ3v) is 7.54. The molecular formula is C29H27BrN2O3. The smallest absolute Gasteiger partial charge is 0.356 e. The van der Waals surface area contributed by atoms with Gasteiger partial charge in [0.2, 0.25) is 0 Å². The molecular weight excluding hydrogens is 504 g/mol. The molecule has 2 heterocycles. The number of hydrogen-bond donors (Lipinski definition) is 1. The van der Waals surface area contributed by atoms with Crippen LogP contribution in [0.2, 0.25) is 0 Å². The molecule has 178 valence electrons. The molecule has 5 rings (SSSR count). The standard InChI is InChI=1S/C29H27BrN2O3/c1-4-35-29(34)27-24(30)22-13-12-20-15-23(19-8-6-5-7-9-19)28(33)31-25(20)26(22)32(27)16-21-11-10-17(2)14-18(21)3/h5-11,14-15H,4,12-13,16H2,1-3H3,(H,31,33). The summed E-state index contributed by atoms with van der Waals surface area (Å²) < 4.78 is 8.19. The molecule has 0 atom stereocenters. The lowest BCUT2D eigenvalue weighted by Crippen LogP contribution is -2.19. The Morgan fingerprint density at radius 3 is 2.57 bits per heavy atom. The molecule has 4 aromatic rings. The third kappa shape index (κ3) is 4.16. The highest BCUT2D eigenvalue weighted by molar-refractivity contribution is 9.10. The van der Waals surface area contributed by atoms with Crippen molar-refractivity contribution in [2.75, 3.05) is 6.61 Å². The van der Waals surface area contributed by atoms with Crippen LogP contribution in [0.4, 0.5) is 0 Å². The van der Waals surface area contributed by atoms with Crippen LogP contribution in [-0.4, -0.2) is 22.1 Å². The number of pyridine rings is 1. The van der Waals surface area contributed by atoms with Crippen LogP contribution in [0.15, 0.2) is 63.9 Å². The lowest BCUT2D eigenvalue weighted by Gasteiger charge is -2.21. The van der Waals surface area contributed by atoms with Gasteiger partial charge in [0.1, 0.15) is 5.69 Å². The van der Waals surface area contributed by atoms with Gasteiger partial charge in [0.05, 0.1) is 22.5 Å². The van der Waals surface area contributed by atoms with E-state index in [1.807, 2.05) is 41.0 Å². The van der Waals surface area contributed by atoms with E-state index in [0.717, 1.165) is 56.5 Å². The average molecular weight is 531 g/mol. The Morgan fingerprint density at radius 2 is 1.86 bits per heavy atom. The molecule has 0 saturated heterocycles. The molecule has 0 unspecified atom stereocenters. The average Bonchev–Trinajstić information content (AvgIpc) is 3.13. The largest absolute Gasteiger partial charge is 0.461 e. The number of nitrogens with one attached hydrogen (secondary N) is 1. The van der Waals surface area contributed by atoms with E-state index >= 15 is 0 Å². The maximum Gasteiger partial charge on any atom is 0.356 e. The number of hydrogen-bond acceptors (Lipinski definition) is 3. The van der Waals surface area contributed by atoms with Crippen LogP contribution in [0, 0.1) is 13.8 Å². The highest BCUT2D eigenvalue weighted by Gasteiger charge is 2.32. The minimum Gasteiger partial charge on any atom is -0.461 e. The van der Waals surface area contributed by atoms with Gasteiger partial charge in [-0.15, -0.1) is 0 Å². The van der Waals surface area contributed by atoms with Crippen molar-refractivity contribution >= 4 is 21.9 Å². The van der Waals surface area contributed by atoms with Gasteiger partial charge in [0.15, 0.2) is 0 Å². The van der Waals surface area contributed by atoms with Crippen molar-refractivity contribution in [2.24, 2.45) is 0 Å². The molecule has 0 aliphatic heterocycles. The first kappa shape index (κ1) is 23.4. The predicted molar refractivity (Wildman–Crippen MR) is 142 cm³/mol. The predicted octanol–water partition coefficient (Wildman–Crippen LogP) is 6.21. The molecule has 0 saturated carbocycles. The van der Waals surface area contributed by atoms with Crippen LogP contribution in [0.1, 0.15) is 45.2 Å². The maximum atomic E-state index is 13.2. The molecule has 0 fully saturated rings. The first-order valence-corrected chi connectivity index (χ1v) is 12.6. The molecule has 1 aliphatic carbocycles. The summed E-state index contributed by atoms with van der Waals surface area (Å²) in [5.74, 6) is -0.372. The molecule has 2 aromatic carbocycles. The van der Waals surface area contributed by atoms with Gasteiger partial charge in [0.25, 0.3) is 5.56 Å². The summed E-state index contributed by atoms with van der Waals surface area (Å²) in [6, 6.07) is 18.0. The number of halogens is 1. The lowest BCUT2D eigenvalue weighted by atomic mass is 9.92. The molecule has 0 radical (unpaired) electrons. The molecule has 2 aromatic heterocycles. The summed E-state index contributed by atoms with van der Waals surface area (Å²) in [5, 5.41) is 0. The van der Waals surface area contributed by atoms with Crippen molar-refractivity contribution in [3.63, 3.8) is 0 Å². The number of fused-ring (bicyclic) bond motifs is 3. The van der Waals surface area contributed by atoms with Crippen molar-refractivity contribution in [3.05, 3.63) is 103 Å². The highest BCUT2D eigenvalue weighted by atomic mass is 79.9. The molecule has 0 spiro atoms. The fourth-order valence-electron chi connectivity index (χ4n) is 4.98. The summed E-state index contributed by atoms with van der Waals surface area (Å²) >= 11 is 3.71. The number of H-pyrrole nitrogens is 1. The van der Waals surface area contributed by atoms with Crippen LogP contribution in [-0.2, 0) is 24.1 Å². The number of aryl methyl sites for hydroxylation is 3. The van der Waals surface area contributed by atoms with E-state index in [-0.39, 0.29) is 11.5 Å². The Labute approximate surface area is 212 Å². The first-order valence-electron chi connectivity index (χ1n) is 11.8. The van der Waals surface area contributed by atoms with Gasteiger partial charge in [-0.1, -0.05) is 54.1 Å². The molecule has 6 heteroatoms. The molecule has 5 nitrogen and oxygen atoms in total. The van der Waals surface area contributed by atoms with Gasteiger partial charge in [-0.05, 0) is 83.4 Å². The quantitative estimate of drug-likeness (QED) is 0.312. The molecule has 35 heavy (non-hydrogen) atoms. The summed E-state index contributed by atoms with van der Waals surface area (Å²) in [5.41, 5.74) is 9.08. The zero-order valence-corrected chi connectivity index (χ0v) is 21.7. The van der Waals surface area contributed by atoms with Crippen LogP contribution in [0.5, 0.6) is 0 Å². The van der Waals surface area contributed by atoms with Crippen molar-refractivity contribution < 1.29 is 9.53 Å². The highest BCUT2D eigenvalue weighted by Crippen LogP contribution is 2.41. The van der Waals surface area contributed by atoms with Crippen LogP contribution < -0.4 is 5.56 Å². The summed E-state index contributed by atoms with van der Waals surface area (Å²) in [6.07, 6.45) is 1.53. The fourth-order valence-corrected chi connectivity index (χ4v) is 5.74. The van der Waals surface area contributed by atoms with Gasteiger partial charge in [-0.25, -0.2) is 4.79 Å². The Hall–Kier alpha value is -3.38. The molecule has 0 bridgehead atoms. The van der Waals surface area contributed by atoms with Crippen LogP contribution >= 0.6 is 15.9 Å². The second kappa shape index (κ2) is 9.34. The Bertz CT molecular complexity index is 1500. The molecule has 0 amide bonds. The summed E-state index contributed by atoms with van der Waals surface area (Å²) in [6.45, 7) is 6.75. The number of aromatic amines is 1. The van der Waals surface area contributed by atoms with E-state index in [1.165, 1.54) is 5.56 Å². The number of nitrogens with zero attached hydrogens (tertiary/aromatic N) is 1. The number of aromatic nitrogens is 2. The first-order chi connectivity index (χ1) is 16.9. The number of esters is 1. The van der Waals surface area contributed by atoms with Crippen molar-refractivity contribution in [3.8, 4) is 22.5 Å². The van der Waals surface area contributed by atoms with Crippen molar-refractivity contribution in [1.29, 1.82) is 0 Å². The number of ether oxygens (including phenoxy) is 1. The second-order valence-electron chi connectivity index (χ2n) is 9.00. The van der Waals surface area contributed by atoms with Crippen molar-refractivity contribution in [2.45, 2.75) is 40.2 Å². The SMILES string of the molecule is CCOC(=O)c1c(Br)c2c(n1Cc1ccc(C)cc1C)-c1[nH]c(=O)c(-c3ccccc3)cc1CC2. The van der Waals surface area contributed by atoms with Crippen LogP contribution in [0.3, 0.4) is 0 Å². The Kier molecular flexibility index (Phi) is 6.24. The lowest BCUT2D eigenvalue weighted by molar-refractivity contribution is 0.0513. The van der Waals surface area contributed by atoms with E-state index in [9.17, 15) is 9.59 Å². The third-order valence-electron chi connectivity index (χ3n) is 6.68. The van der Waals surface area contributed by atoms with E-state index in [0.29, 0.717) is 24.4 Å². The summed E-state index contributed by atoms with van der Waals surface area (Å²) in [4.78, 5) is 29.5. The monoisotopic (exact) mass is 530 g/mol. The van der Waals surface area contributed by atoms with E-state index in [4.69, 9.17) is 4.74 Å². The topological polar surface area (TPSA) is 64.1 Å². The number of carbonyl (C=O) groups is 1. The van der Waals surface area contributed by atoms with Gasteiger partial charge < -0.3 is 14.3 Å². The molecule has 1 aliphatic rings. The Morgan fingerprint density at radius 1 is 1.09 bits per heavy atom. The van der Waals surface area contributed by atoms with E-state index in [2.05, 4.69) is 53.0 Å². The van der Waals surface area contributed by atoms with Gasteiger partial charge in [-0.2, -0.15) is 0 Å². The normalized spacial score (nSPS) is 12.2. The number of carbonyl (C=O) groups excluding carboxylic acids is 1. The van der Waals surface area contributed by atoms with Crippen LogP contribution in [0.25, 0.3) is 22.5 Å². The minimum absolute atomic E-state index is 0.143. The summed E-state index contributed by atoms with van der Waals surface area (Å²) in [7, 11) is 0. The zero-order chi connectivity index (χ0) is 24.7.